The Morgan fingerprint density at radius 1 is 0.917 bits per heavy atom. The van der Waals surface area contributed by atoms with E-state index in [9.17, 15) is 14.4 Å². The van der Waals surface area contributed by atoms with Gasteiger partial charge in [-0.05, 0) is 47.2 Å². The number of rotatable bonds is 7. The summed E-state index contributed by atoms with van der Waals surface area (Å²) in [4.78, 5) is 40.0. The van der Waals surface area contributed by atoms with Crippen molar-refractivity contribution in [2.45, 2.75) is 19.6 Å². The molecule has 1 aliphatic heterocycles. The van der Waals surface area contributed by atoms with E-state index in [0.29, 0.717) is 11.4 Å². The molecule has 3 amide bonds. The average molecular weight is 560 g/mol. The molecule has 180 valence electrons. The molecule has 0 bridgehead atoms. The van der Waals surface area contributed by atoms with Gasteiger partial charge in [0, 0.05) is 33.7 Å². The van der Waals surface area contributed by atoms with Gasteiger partial charge in [0.15, 0.2) is 0 Å². The molecular formula is C28H22BrN3O3S. The molecule has 3 aromatic carbocycles. The van der Waals surface area contributed by atoms with Crippen LogP contribution in [0, 0.1) is 0 Å². The van der Waals surface area contributed by atoms with Gasteiger partial charge >= 0.3 is 0 Å². The zero-order chi connectivity index (χ0) is 25.1. The highest BCUT2D eigenvalue weighted by Crippen LogP contribution is 2.35. The predicted octanol–water partition coefficient (Wildman–Crippen LogP) is 5.96. The number of imide groups is 1. The fraction of sp³-hybridized carbons (Fsp3) is 0.107. The first-order valence-corrected chi connectivity index (χ1v) is 13.0. The van der Waals surface area contributed by atoms with Gasteiger partial charge in [-0.3, -0.25) is 19.3 Å². The number of nitrogens with one attached hydrogen (secondary N) is 1. The molecule has 1 aliphatic rings. The van der Waals surface area contributed by atoms with Gasteiger partial charge in [0.2, 0.25) is 5.91 Å². The van der Waals surface area contributed by atoms with Crippen LogP contribution in [0.15, 0.2) is 94.4 Å². The van der Waals surface area contributed by atoms with E-state index in [0.717, 1.165) is 43.8 Å². The lowest BCUT2D eigenvalue weighted by molar-refractivity contribution is -0.123. The number of amides is 3. The Labute approximate surface area is 221 Å². The third-order valence-electron chi connectivity index (χ3n) is 5.88. The number of para-hydroxylation sites is 1. The van der Waals surface area contributed by atoms with Crippen LogP contribution in [-0.2, 0) is 29.2 Å². The molecule has 1 N–H and O–H groups in total. The molecule has 0 radical (unpaired) electrons. The lowest BCUT2D eigenvalue weighted by Crippen LogP contribution is -2.27. The molecular weight excluding hydrogens is 538 g/mol. The lowest BCUT2D eigenvalue weighted by Gasteiger charge is -2.12. The van der Waals surface area contributed by atoms with E-state index in [-0.39, 0.29) is 30.1 Å². The summed E-state index contributed by atoms with van der Waals surface area (Å²) in [6.45, 7) is 0.822. The highest BCUT2D eigenvalue weighted by atomic mass is 79.9. The van der Waals surface area contributed by atoms with Crippen molar-refractivity contribution in [1.82, 2.24) is 14.8 Å². The van der Waals surface area contributed by atoms with Crippen LogP contribution in [0.3, 0.4) is 0 Å². The first kappa shape index (κ1) is 24.1. The minimum Gasteiger partial charge on any atom is -0.350 e. The van der Waals surface area contributed by atoms with Crippen LogP contribution < -0.4 is 5.32 Å². The highest BCUT2D eigenvalue weighted by molar-refractivity contribution is 9.10. The molecule has 1 aromatic heterocycles. The Balaban J connectivity index is 1.35. The summed E-state index contributed by atoms with van der Waals surface area (Å²) in [6, 6.07) is 25.0. The molecule has 0 saturated carbocycles. The fourth-order valence-electron chi connectivity index (χ4n) is 4.08. The van der Waals surface area contributed by atoms with Gasteiger partial charge in [0.25, 0.3) is 11.1 Å². The molecule has 4 aromatic rings. The zero-order valence-corrected chi connectivity index (χ0v) is 21.6. The van der Waals surface area contributed by atoms with Crippen LogP contribution in [0.4, 0.5) is 4.79 Å². The normalized spacial score (nSPS) is 14.7. The highest BCUT2D eigenvalue weighted by Gasteiger charge is 2.35. The molecule has 0 aliphatic carbocycles. The Hall–Kier alpha value is -3.62. The summed E-state index contributed by atoms with van der Waals surface area (Å²) in [5.74, 6) is -0.425. The van der Waals surface area contributed by atoms with Crippen LogP contribution in [0.1, 0.15) is 16.7 Å². The van der Waals surface area contributed by atoms with Crippen LogP contribution in [0.25, 0.3) is 17.0 Å². The van der Waals surface area contributed by atoms with E-state index < -0.39 is 0 Å². The van der Waals surface area contributed by atoms with E-state index in [1.54, 1.807) is 6.08 Å². The number of halogens is 1. The topological polar surface area (TPSA) is 71.4 Å². The zero-order valence-electron chi connectivity index (χ0n) is 19.2. The van der Waals surface area contributed by atoms with Crippen molar-refractivity contribution in [2.75, 3.05) is 0 Å². The van der Waals surface area contributed by atoms with E-state index >= 15 is 0 Å². The largest absolute Gasteiger partial charge is 0.350 e. The van der Waals surface area contributed by atoms with Crippen LogP contribution in [0.2, 0.25) is 0 Å². The van der Waals surface area contributed by atoms with Crippen molar-refractivity contribution >= 4 is 61.7 Å². The van der Waals surface area contributed by atoms with Crippen molar-refractivity contribution in [3.05, 3.63) is 111 Å². The van der Waals surface area contributed by atoms with Gasteiger partial charge in [-0.2, -0.15) is 0 Å². The molecule has 1 saturated heterocycles. The molecule has 0 unspecified atom stereocenters. The molecule has 2 heterocycles. The van der Waals surface area contributed by atoms with Crippen LogP contribution in [0.5, 0.6) is 0 Å². The quantitative estimate of drug-likeness (QED) is 0.284. The Morgan fingerprint density at radius 2 is 1.64 bits per heavy atom. The van der Waals surface area contributed by atoms with Crippen molar-refractivity contribution < 1.29 is 14.4 Å². The maximum absolute atomic E-state index is 13.1. The van der Waals surface area contributed by atoms with Gasteiger partial charge in [-0.25, -0.2) is 0 Å². The summed E-state index contributed by atoms with van der Waals surface area (Å²) in [7, 11) is 0. The second kappa shape index (κ2) is 10.6. The van der Waals surface area contributed by atoms with Crippen LogP contribution in [-0.4, -0.2) is 26.5 Å². The molecule has 0 spiro atoms. The van der Waals surface area contributed by atoms with Gasteiger partial charge in [-0.1, -0.05) is 76.6 Å². The number of aromatic nitrogens is 1. The van der Waals surface area contributed by atoms with E-state index in [4.69, 9.17) is 0 Å². The summed E-state index contributed by atoms with van der Waals surface area (Å²) in [5.41, 5.74) is 3.57. The number of carbonyl (C=O) groups is 3. The smallest absolute Gasteiger partial charge is 0.293 e. The number of fused-ring (bicyclic) bond motifs is 1. The molecule has 6 nitrogen and oxygen atoms in total. The first-order chi connectivity index (χ1) is 17.5. The summed E-state index contributed by atoms with van der Waals surface area (Å²) >= 11 is 4.33. The number of nitrogens with zero attached hydrogens (tertiary/aromatic N) is 2. The van der Waals surface area contributed by atoms with Gasteiger partial charge in [0.1, 0.15) is 6.54 Å². The second-order valence-corrected chi connectivity index (χ2v) is 10.3. The number of benzene rings is 3. The number of hydrogen-bond donors (Lipinski definition) is 1. The number of thioether (sulfide) groups is 1. The average Bonchev–Trinajstić information content (AvgIpc) is 3.36. The van der Waals surface area contributed by atoms with Gasteiger partial charge < -0.3 is 9.88 Å². The van der Waals surface area contributed by atoms with Crippen molar-refractivity contribution in [3.63, 3.8) is 0 Å². The third kappa shape index (κ3) is 5.29. The number of hydrogen-bond acceptors (Lipinski definition) is 4. The fourth-order valence-corrected chi connectivity index (χ4v) is 5.17. The number of carbonyl (C=O) groups excluding carboxylic acids is 3. The lowest BCUT2D eigenvalue weighted by atomic mass is 10.1. The van der Waals surface area contributed by atoms with Crippen molar-refractivity contribution in [2.24, 2.45) is 0 Å². The molecule has 1 fully saturated rings. The Bertz CT molecular complexity index is 1480. The van der Waals surface area contributed by atoms with E-state index in [2.05, 4.69) is 21.2 Å². The van der Waals surface area contributed by atoms with E-state index in [1.807, 2.05) is 89.6 Å². The molecule has 36 heavy (non-hydrogen) atoms. The van der Waals surface area contributed by atoms with Crippen molar-refractivity contribution in [1.29, 1.82) is 0 Å². The van der Waals surface area contributed by atoms with Crippen molar-refractivity contribution in [3.8, 4) is 0 Å². The minimum atomic E-state index is -0.314. The Kier molecular flexibility index (Phi) is 7.06. The van der Waals surface area contributed by atoms with Gasteiger partial charge in [-0.15, -0.1) is 0 Å². The standard InChI is InChI=1S/C28H22BrN3O3S/c29-22-12-10-20(11-13-22)16-32-27(34)25(36-28(32)35)14-21-17-31(24-9-5-4-8-23(21)24)18-26(33)30-15-19-6-2-1-3-7-19/h1-14,17H,15-16,18H2,(H,30,33)/b25-14-. The van der Waals surface area contributed by atoms with Gasteiger partial charge in [0.05, 0.1) is 11.4 Å². The molecule has 8 heteroatoms. The Morgan fingerprint density at radius 3 is 2.42 bits per heavy atom. The summed E-state index contributed by atoms with van der Waals surface area (Å²) in [6.07, 6.45) is 3.60. The maximum atomic E-state index is 13.1. The second-order valence-electron chi connectivity index (χ2n) is 8.39. The molecule has 5 rings (SSSR count). The predicted molar refractivity (Wildman–Crippen MR) is 146 cm³/mol. The summed E-state index contributed by atoms with van der Waals surface area (Å²) in [5, 5.41) is 3.57. The maximum Gasteiger partial charge on any atom is 0.293 e. The van der Waals surface area contributed by atoms with Crippen LogP contribution >= 0.6 is 27.7 Å². The third-order valence-corrected chi connectivity index (χ3v) is 7.32. The first-order valence-electron chi connectivity index (χ1n) is 11.4. The van der Waals surface area contributed by atoms with E-state index in [1.165, 1.54) is 4.90 Å². The summed E-state index contributed by atoms with van der Waals surface area (Å²) < 4.78 is 2.80. The monoisotopic (exact) mass is 559 g/mol. The SMILES string of the molecule is O=C(Cn1cc(/C=C2\SC(=O)N(Cc3ccc(Br)cc3)C2=O)c2ccccc21)NCc1ccccc1. The minimum absolute atomic E-state index is 0.110. The molecule has 0 atom stereocenters.